The number of hydrogen-bond acceptors (Lipinski definition) is 6. The summed E-state index contributed by atoms with van der Waals surface area (Å²) in [6.45, 7) is 9.27. The van der Waals surface area contributed by atoms with Gasteiger partial charge in [-0.15, -0.1) is 0 Å². The highest BCUT2D eigenvalue weighted by Gasteiger charge is 2.20. The van der Waals surface area contributed by atoms with Gasteiger partial charge in [-0.1, -0.05) is 18.0 Å². The van der Waals surface area contributed by atoms with E-state index in [4.69, 9.17) is 26.1 Å². The van der Waals surface area contributed by atoms with E-state index in [1.807, 2.05) is 16.7 Å². The first kappa shape index (κ1) is 23.3. The zero-order valence-corrected chi connectivity index (χ0v) is 20.9. The van der Waals surface area contributed by atoms with E-state index in [9.17, 15) is 0 Å². The minimum atomic E-state index is 0.536. The molecule has 0 saturated carbocycles. The summed E-state index contributed by atoms with van der Waals surface area (Å²) in [4.78, 5) is 12.6. The molecule has 2 saturated heterocycles. The number of nitrogens with zero attached hydrogens (tertiary/aromatic N) is 5. The van der Waals surface area contributed by atoms with Crippen LogP contribution in [0.25, 0.3) is 16.9 Å². The Labute approximate surface area is 206 Å². The number of halogens is 1. The molecule has 0 unspecified atom stereocenters. The van der Waals surface area contributed by atoms with Crippen LogP contribution in [0, 0.1) is 0 Å². The van der Waals surface area contributed by atoms with E-state index in [0.717, 1.165) is 43.1 Å². The average molecular weight is 484 g/mol. The van der Waals surface area contributed by atoms with Crippen LogP contribution in [0.5, 0.6) is 11.5 Å². The lowest BCUT2D eigenvalue weighted by atomic mass is 10.1. The summed E-state index contributed by atoms with van der Waals surface area (Å²) in [5.74, 6) is 1.27. The number of methoxy groups -OCH3 is 2. The molecule has 7 nitrogen and oxygen atoms in total. The lowest BCUT2D eigenvalue weighted by Crippen LogP contribution is -2.48. The molecular weight excluding hydrogens is 450 g/mol. The second-order valence-electron chi connectivity index (χ2n) is 9.19. The number of likely N-dealkylation sites (tertiary alicyclic amines) is 1. The number of piperazine rings is 1. The van der Waals surface area contributed by atoms with Crippen molar-refractivity contribution in [1.82, 2.24) is 19.2 Å². The van der Waals surface area contributed by atoms with Crippen LogP contribution in [0.3, 0.4) is 0 Å². The Morgan fingerprint density at radius 3 is 2.26 bits per heavy atom. The van der Waals surface area contributed by atoms with E-state index < -0.39 is 0 Å². The fourth-order valence-corrected chi connectivity index (χ4v) is 5.29. The lowest BCUT2D eigenvalue weighted by molar-refractivity contribution is 0.177. The number of fused-ring (bicyclic) bond motifs is 1. The van der Waals surface area contributed by atoms with Gasteiger partial charge in [0.15, 0.2) is 0 Å². The van der Waals surface area contributed by atoms with Gasteiger partial charge < -0.3 is 23.7 Å². The zero-order chi connectivity index (χ0) is 23.5. The molecule has 2 aromatic heterocycles. The van der Waals surface area contributed by atoms with Gasteiger partial charge in [-0.2, -0.15) is 0 Å². The number of pyridine rings is 1. The summed E-state index contributed by atoms with van der Waals surface area (Å²) in [6.07, 6.45) is 8.23. The number of anilines is 1. The van der Waals surface area contributed by atoms with Crippen molar-refractivity contribution in [3.63, 3.8) is 0 Å². The third-order valence-electron chi connectivity index (χ3n) is 7.11. The molecule has 34 heavy (non-hydrogen) atoms. The summed E-state index contributed by atoms with van der Waals surface area (Å²) >= 11 is 6.38. The van der Waals surface area contributed by atoms with Crippen molar-refractivity contribution in [1.29, 1.82) is 0 Å². The predicted molar refractivity (Wildman–Crippen MR) is 138 cm³/mol. The van der Waals surface area contributed by atoms with E-state index in [1.54, 1.807) is 20.3 Å². The topological polar surface area (TPSA) is 45.5 Å². The second-order valence-corrected chi connectivity index (χ2v) is 9.60. The number of imidazole rings is 1. The van der Waals surface area contributed by atoms with Gasteiger partial charge in [0.05, 0.1) is 24.9 Å². The number of hydrogen-bond donors (Lipinski definition) is 0. The average Bonchev–Trinajstić information content (AvgIpc) is 3.31. The highest BCUT2D eigenvalue weighted by atomic mass is 35.5. The normalized spacial score (nSPS) is 17.9. The van der Waals surface area contributed by atoms with Crippen LogP contribution in [0.2, 0.25) is 5.02 Å². The van der Waals surface area contributed by atoms with Crippen molar-refractivity contribution in [2.75, 3.05) is 71.5 Å². The van der Waals surface area contributed by atoms with E-state index in [0.29, 0.717) is 16.5 Å². The first-order valence-electron chi connectivity index (χ1n) is 12.2. The van der Waals surface area contributed by atoms with Gasteiger partial charge in [0.25, 0.3) is 0 Å². The molecule has 2 aliphatic heterocycles. The second kappa shape index (κ2) is 10.4. The molecule has 0 aliphatic carbocycles. The van der Waals surface area contributed by atoms with Crippen LogP contribution in [0.4, 0.5) is 5.69 Å². The van der Waals surface area contributed by atoms with Gasteiger partial charge in [-0.05, 0) is 38.1 Å². The summed E-state index contributed by atoms with van der Waals surface area (Å²) in [5, 5.41) is 0.536. The van der Waals surface area contributed by atoms with Gasteiger partial charge in [0.1, 0.15) is 17.1 Å². The maximum absolute atomic E-state index is 6.38. The Balaban J connectivity index is 1.26. The number of aromatic nitrogens is 2. The zero-order valence-electron chi connectivity index (χ0n) is 20.2. The van der Waals surface area contributed by atoms with E-state index in [2.05, 4.69) is 33.0 Å². The minimum absolute atomic E-state index is 0.536. The fourth-order valence-electron chi connectivity index (χ4n) is 5.05. The van der Waals surface area contributed by atoms with E-state index in [-0.39, 0.29) is 0 Å². The van der Waals surface area contributed by atoms with E-state index in [1.165, 1.54) is 51.1 Å². The van der Waals surface area contributed by atoms with Crippen LogP contribution in [-0.2, 0) is 0 Å². The molecule has 0 spiro atoms. The largest absolute Gasteiger partial charge is 0.496 e. The first-order valence-corrected chi connectivity index (χ1v) is 12.6. The van der Waals surface area contributed by atoms with Crippen molar-refractivity contribution in [3.8, 4) is 22.8 Å². The Bertz CT molecular complexity index is 1120. The molecule has 182 valence electrons. The highest BCUT2D eigenvalue weighted by molar-refractivity contribution is 6.32. The molecule has 0 bridgehead atoms. The van der Waals surface area contributed by atoms with Crippen LogP contribution < -0.4 is 14.4 Å². The van der Waals surface area contributed by atoms with Crippen molar-refractivity contribution in [3.05, 3.63) is 41.7 Å². The quantitative estimate of drug-likeness (QED) is 0.500. The molecule has 1 aromatic carbocycles. The molecule has 0 atom stereocenters. The van der Waals surface area contributed by atoms with Crippen molar-refractivity contribution in [2.45, 2.75) is 19.3 Å². The Kier molecular flexibility index (Phi) is 7.13. The molecule has 0 N–H and O–H groups in total. The number of piperidine rings is 1. The maximum Gasteiger partial charge on any atom is 0.141 e. The molecule has 8 heteroatoms. The van der Waals surface area contributed by atoms with Crippen LogP contribution in [0.1, 0.15) is 19.3 Å². The van der Waals surface area contributed by atoms with Gasteiger partial charge in [-0.25, -0.2) is 4.98 Å². The van der Waals surface area contributed by atoms with Crippen LogP contribution in [0.15, 0.2) is 36.7 Å². The summed E-state index contributed by atoms with van der Waals surface area (Å²) in [7, 11) is 3.24. The maximum atomic E-state index is 6.38. The van der Waals surface area contributed by atoms with Crippen LogP contribution in [-0.4, -0.2) is 85.8 Å². The molecular formula is C26H34ClN5O2. The molecule has 5 rings (SSSR count). The summed E-state index contributed by atoms with van der Waals surface area (Å²) in [6, 6.07) is 8.01. The van der Waals surface area contributed by atoms with Crippen molar-refractivity contribution in [2.24, 2.45) is 0 Å². The van der Waals surface area contributed by atoms with Crippen molar-refractivity contribution < 1.29 is 9.47 Å². The molecule has 4 heterocycles. The van der Waals surface area contributed by atoms with Crippen LogP contribution >= 0.6 is 11.6 Å². The highest BCUT2D eigenvalue weighted by Crippen LogP contribution is 2.38. The third kappa shape index (κ3) is 4.97. The molecule has 0 radical (unpaired) electrons. The van der Waals surface area contributed by atoms with Gasteiger partial charge in [0.2, 0.25) is 0 Å². The molecule has 2 aliphatic rings. The summed E-state index contributed by atoms with van der Waals surface area (Å²) in [5.41, 5.74) is 3.80. The number of benzene rings is 1. The minimum Gasteiger partial charge on any atom is -0.496 e. The standard InChI is InChI=1S/C26H34ClN5O2/c1-33-24-18-25(34-2)22(27)17-21(24)23-19-32-9-6-20(16-26(32)28-23)31-14-12-30(13-15-31)11-10-29-7-4-3-5-8-29/h6,9,16-19H,3-5,7-8,10-15H2,1-2H3. The fraction of sp³-hybridized carbons (Fsp3) is 0.500. The number of ether oxygens (including phenoxy) is 2. The molecule has 3 aromatic rings. The third-order valence-corrected chi connectivity index (χ3v) is 7.41. The van der Waals surface area contributed by atoms with Gasteiger partial charge in [0, 0.05) is 75.0 Å². The first-order chi connectivity index (χ1) is 16.6. The smallest absolute Gasteiger partial charge is 0.141 e. The SMILES string of the molecule is COc1cc(OC)c(-c2cn3ccc(N4CCN(CCN5CCCCC5)CC4)cc3n2)cc1Cl. The predicted octanol–water partition coefficient (Wildman–Crippen LogP) is 4.28. The Morgan fingerprint density at radius 1 is 0.853 bits per heavy atom. The molecule has 0 amide bonds. The monoisotopic (exact) mass is 483 g/mol. The summed E-state index contributed by atoms with van der Waals surface area (Å²) < 4.78 is 12.9. The van der Waals surface area contributed by atoms with Gasteiger partial charge in [-0.3, -0.25) is 4.90 Å². The van der Waals surface area contributed by atoms with Gasteiger partial charge >= 0.3 is 0 Å². The van der Waals surface area contributed by atoms with E-state index >= 15 is 0 Å². The van der Waals surface area contributed by atoms with Crippen molar-refractivity contribution >= 4 is 22.9 Å². The Hall–Kier alpha value is -2.48. The lowest BCUT2D eigenvalue weighted by Gasteiger charge is -2.37. The Morgan fingerprint density at radius 2 is 1.56 bits per heavy atom. The number of rotatable bonds is 7. The molecule has 2 fully saturated rings.